The number of amides is 1. The highest BCUT2D eigenvalue weighted by molar-refractivity contribution is 5.95. The first-order valence-electron chi connectivity index (χ1n) is 7.45. The molecule has 6 nitrogen and oxygen atoms in total. The number of carbonyl (C=O) groups excluding carboxylic acids is 1. The number of rotatable bonds is 5. The van der Waals surface area contributed by atoms with Gasteiger partial charge in [-0.05, 0) is 39.3 Å². The summed E-state index contributed by atoms with van der Waals surface area (Å²) in [6.45, 7) is 7.23. The molecule has 6 heteroatoms. The van der Waals surface area contributed by atoms with Crippen molar-refractivity contribution in [1.29, 1.82) is 0 Å². The lowest BCUT2D eigenvalue weighted by Crippen LogP contribution is -2.40. The molecule has 0 saturated carbocycles. The lowest BCUT2D eigenvalue weighted by atomic mass is 10.0. The van der Waals surface area contributed by atoms with E-state index in [9.17, 15) is 9.59 Å². The second-order valence-corrected chi connectivity index (χ2v) is 5.91. The number of aromatic amines is 1. The van der Waals surface area contributed by atoms with Crippen LogP contribution < -0.4 is 0 Å². The van der Waals surface area contributed by atoms with Crippen molar-refractivity contribution in [3.63, 3.8) is 0 Å². The van der Waals surface area contributed by atoms with Crippen LogP contribution in [-0.2, 0) is 4.79 Å². The summed E-state index contributed by atoms with van der Waals surface area (Å²) in [4.78, 5) is 24.7. The third kappa shape index (κ3) is 3.77. The van der Waals surface area contributed by atoms with Crippen molar-refractivity contribution in [2.24, 2.45) is 0 Å². The van der Waals surface area contributed by atoms with Crippen LogP contribution in [0.5, 0.6) is 0 Å². The van der Waals surface area contributed by atoms with Gasteiger partial charge in [-0.3, -0.25) is 14.7 Å². The van der Waals surface area contributed by atoms with Crippen LogP contribution in [0.4, 0.5) is 0 Å². The van der Waals surface area contributed by atoms with Gasteiger partial charge in [0.2, 0.25) is 0 Å². The van der Waals surface area contributed by atoms with Crippen molar-refractivity contribution in [2.45, 2.75) is 33.7 Å². The number of carboxylic acids is 1. The van der Waals surface area contributed by atoms with Gasteiger partial charge >= 0.3 is 5.97 Å². The Kier molecular flexibility index (Phi) is 4.83. The van der Waals surface area contributed by atoms with Gasteiger partial charge in [-0.25, -0.2) is 0 Å². The molecule has 0 bridgehead atoms. The number of carboxylic acid groups (broad SMARTS) is 1. The van der Waals surface area contributed by atoms with Crippen molar-refractivity contribution in [2.75, 3.05) is 6.54 Å². The maximum absolute atomic E-state index is 12.5. The fourth-order valence-corrected chi connectivity index (χ4v) is 2.46. The second-order valence-electron chi connectivity index (χ2n) is 5.91. The third-order valence-electron chi connectivity index (χ3n) is 3.66. The van der Waals surface area contributed by atoms with Crippen molar-refractivity contribution < 1.29 is 14.7 Å². The smallest absolute Gasteiger partial charge is 0.323 e. The molecule has 0 radical (unpaired) electrons. The van der Waals surface area contributed by atoms with Gasteiger partial charge < -0.3 is 10.0 Å². The largest absolute Gasteiger partial charge is 0.480 e. The van der Waals surface area contributed by atoms with Crippen LogP contribution in [-0.4, -0.2) is 44.7 Å². The first kappa shape index (κ1) is 16.7. The number of hydrogen-bond donors (Lipinski definition) is 2. The number of H-pyrrole nitrogens is 1. The van der Waals surface area contributed by atoms with E-state index in [-0.39, 0.29) is 24.2 Å². The topological polar surface area (TPSA) is 86.3 Å². The number of aryl methyl sites for hydroxylation is 2. The summed E-state index contributed by atoms with van der Waals surface area (Å²) >= 11 is 0. The quantitative estimate of drug-likeness (QED) is 0.888. The number of nitrogens with zero attached hydrogens (tertiary/aromatic N) is 2. The monoisotopic (exact) mass is 315 g/mol. The van der Waals surface area contributed by atoms with Crippen LogP contribution in [0, 0.1) is 13.8 Å². The molecule has 0 spiro atoms. The summed E-state index contributed by atoms with van der Waals surface area (Å²) in [5, 5.41) is 15.9. The van der Waals surface area contributed by atoms with Crippen molar-refractivity contribution in [3.05, 3.63) is 41.1 Å². The number of benzene rings is 1. The van der Waals surface area contributed by atoms with E-state index in [1.165, 1.54) is 4.90 Å². The Bertz CT molecular complexity index is 734. The van der Waals surface area contributed by atoms with Crippen molar-refractivity contribution in [3.8, 4) is 11.3 Å². The molecule has 0 aliphatic heterocycles. The number of aromatic nitrogens is 2. The van der Waals surface area contributed by atoms with Crippen LogP contribution in [0.15, 0.2) is 24.3 Å². The molecule has 0 fully saturated rings. The van der Waals surface area contributed by atoms with Crippen LogP contribution >= 0.6 is 0 Å². The molecule has 2 N–H and O–H groups in total. The average Bonchev–Trinajstić information content (AvgIpc) is 2.93. The number of nitrogens with one attached hydrogen (secondary N) is 1. The van der Waals surface area contributed by atoms with Crippen LogP contribution in [0.25, 0.3) is 11.3 Å². The summed E-state index contributed by atoms with van der Waals surface area (Å²) in [5.74, 6) is -1.41. The minimum absolute atomic E-state index is 0.216. The molecule has 0 atom stereocenters. The number of aliphatic carboxylic acids is 1. The van der Waals surface area contributed by atoms with Gasteiger partial charge in [0.15, 0.2) is 0 Å². The SMILES string of the molecule is Cc1ccc(-c2cc(C(=O)N(CC(=O)O)C(C)C)[nH]n2)c(C)c1. The molecule has 2 rings (SSSR count). The van der Waals surface area contributed by atoms with E-state index in [0.29, 0.717) is 5.69 Å². The first-order valence-corrected chi connectivity index (χ1v) is 7.45. The lowest BCUT2D eigenvalue weighted by molar-refractivity contribution is -0.138. The van der Waals surface area contributed by atoms with E-state index >= 15 is 0 Å². The summed E-state index contributed by atoms with van der Waals surface area (Å²) < 4.78 is 0. The van der Waals surface area contributed by atoms with E-state index < -0.39 is 5.97 Å². The normalized spacial score (nSPS) is 10.8. The molecule has 1 aromatic heterocycles. The van der Waals surface area contributed by atoms with Gasteiger partial charge in [-0.1, -0.05) is 23.8 Å². The molecule has 0 aliphatic carbocycles. The molecule has 1 heterocycles. The Balaban J connectivity index is 2.30. The summed E-state index contributed by atoms with van der Waals surface area (Å²) in [6, 6.07) is 7.45. The predicted molar refractivity (Wildman–Crippen MR) is 87.3 cm³/mol. The summed E-state index contributed by atoms with van der Waals surface area (Å²) in [7, 11) is 0. The van der Waals surface area contributed by atoms with Crippen molar-refractivity contribution in [1.82, 2.24) is 15.1 Å². The highest BCUT2D eigenvalue weighted by atomic mass is 16.4. The van der Waals surface area contributed by atoms with E-state index in [4.69, 9.17) is 5.11 Å². The molecule has 2 aromatic rings. The maximum atomic E-state index is 12.5. The zero-order valence-electron chi connectivity index (χ0n) is 13.8. The zero-order chi connectivity index (χ0) is 17.1. The molecule has 1 amide bonds. The van der Waals surface area contributed by atoms with E-state index in [1.54, 1.807) is 19.9 Å². The molecule has 0 aliphatic rings. The van der Waals surface area contributed by atoms with Gasteiger partial charge in [-0.15, -0.1) is 0 Å². The highest BCUT2D eigenvalue weighted by Gasteiger charge is 2.23. The standard InChI is InChI=1S/C17H21N3O3/c1-10(2)20(9-16(21)22)17(23)15-8-14(18-19-15)13-6-5-11(3)7-12(13)4/h5-8,10H,9H2,1-4H3,(H,18,19)(H,21,22). The zero-order valence-corrected chi connectivity index (χ0v) is 13.8. The van der Waals surface area contributed by atoms with Crippen LogP contribution in [0.1, 0.15) is 35.5 Å². The molecule has 0 saturated heterocycles. The average molecular weight is 315 g/mol. The van der Waals surface area contributed by atoms with Gasteiger partial charge in [0.25, 0.3) is 5.91 Å². The highest BCUT2D eigenvalue weighted by Crippen LogP contribution is 2.23. The van der Waals surface area contributed by atoms with Gasteiger partial charge in [0.05, 0.1) is 5.69 Å². The maximum Gasteiger partial charge on any atom is 0.323 e. The Morgan fingerprint density at radius 2 is 1.96 bits per heavy atom. The molecule has 23 heavy (non-hydrogen) atoms. The fourth-order valence-electron chi connectivity index (χ4n) is 2.46. The minimum atomic E-state index is -1.04. The third-order valence-corrected chi connectivity index (χ3v) is 3.66. The van der Waals surface area contributed by atoms with Crippen LogP contribution in [0.3, 0.4) is 0 Å². The number of hydrogen-bond acceptors (Lipinski definition) is 3. The Morgan fingerprint density at radius 1 is 1.26 bits per heavy atom. The Labute approximate surface area is 135 Å². The van der Waals surface area contributed by atoms with E-state index in [2.05, 4.69) is 16.3 Å². The molecular formula is C17H21N3O3. The van der Waals surface area contributed by atoms with Gasteiger partial charge in [0.1, 0.15) is 12.2 Å². The van der Waals surface area contributed by atoms with Crippen LogP contribution in [0.2, 0.25) is 0 Å². The Hall–Kier alpha value is -2.63. The summed E-state index contributed by atoms with van der Waals surface area (Å²) in [5.41, 5.74) is 4.13. The molecule has 1 aromatic carbocycles. The Morgan fingerprint density at radius 3 is 2.52 bits per heavy atom. The van der Waals surface area contributed by atoms with Crippen molar-refractivity contribution >= 4 is 11.9 Å². The van der Waals surface area contributed by atoms with Gasteiger partial charge in [0, 0.05) is 11.6 Å². The minimum Gasteiger partial charge on any atom is -0.480 e. The first-order chi connectivity index (χ1) is 10.8. The lowest BCUT2D eigenvalue weighted by Gasteiger charge is -2.23. The molecule has 0 unspecified atom stereocenters. The molecular weight excluding hydrogens is 294 g/mol. The van der Waals surface area contributed by atoms with E-state index in [0.717, 1.165) is 16.7 Å². The second kappa shape index (κ2) is 6.64. The summed E-state index contributed by atoms with van der Waals surface area (Å²) in [6.07, 6.45) is 0. The fraction of sp³-hybridized carbons (Fsp3) is 0.353. The van der Waals surface area contributed by atoms with Gasteiger partial charge in [-0.2, -0.15) is 5.10 Å². The van der Waals surface area contributed by atoms with E-state index in [1.807, 2.05) is 26.0 Å². The molecule has 122 valence electrons. The predicted octanol–water partition coefficient (Wildman–Crippen LogP) is 2.63. The number of carbonyl (C=O) groups is 2.